The highest BCUT2D eigenvalue weighted by atomic mass is 16.2. The van der Waals surface area contributed by atoms with E-state index in [-0.39, 0.29) is 5.91 Å². The molecule has 0 saturated heterocycles. The summed E-state index contributed by atoms with van der Waals surface area (Å²) in [6, 6.07) is 6.98. The van der Waals surface area contributed by atoms with Gasteiger partial charge in [0.15, 0.2) is 11.6 Å². The number of nitrogens with one attached hydrogen (secondary N) is 3. The fourth-order valence-corrected chi connectivity index (χ4v) is 2.02. The number of amides is 1. The molecule has 0 aromatic carbocycles. The minimum atomic E-state index is -0.328. The van der Waals surface area contributed by atoms with Gasteiger partial charge in [0.2, 0.25) is 0 Å². The first-order valence-corrected chi connectivity index (χ1v) is 7.43. The molecule has 0 saturated carbocycles. The molecule has 0 spiro atoms. The highest BCUT2D eigenvalue weighted by molar-refractivity contribution is 5.95. The van der Waals surface area contributed by atoms with Crippen LogP contribution >= 0.6 is 0 Å². The summed E-state index contributed by atoms with van der Waals surface area (Å²) >= 11 is 0. The summed E-state index contributed by atoms with van der Waals surface area (Å²) in [6.07, 6.45) is 7.88. The Hall–Kier alpha value is -3.75. The first kappa shape index (κ1) is 16.1. The van der Waals surface area contributed by atoms with Crippen LogP contribution in [-0.2, 0) is 6.54 Å². The van der Waals surface area contributed by atoms with Crippen molar-refractivity contribution in [1.82, 2.24) is 25.4 Å². The lowest BCUT2D eigenvalue weighted by Gasteiger charge is -2.13. The number of carbonyl (C=O) groups is 1. The zero-order valence-corrected chi connectivity index (χ0v) is 13.2. The van der Waals surface area contributed by atoms with E-state index in [0.717, 1.165) is 5.56 Å². The van der Waals surface area contributed by atoms with Gasteiger partial charge in [0.25, 0.3) is 5.91 Å². The molecule has 3 aromatic rings. The van der Waals surface area contributed by atoms with E-state index in [1.54, 1.807) is 24.5 Å². The number of aromatic nitrogens is 4. The van der Waals surface area contributed by atoms with Gasteiger partial charge in [-0.1, -0.05) is 6.07 Å². The molecule has 9 nitrogen and oxygen atoms in total. The van der Waals surface area contributed by atoms with Gasteiger partial charge in [-0.3, -0.25) is 25.6 Å². The van der Waals surface area contributed by atoms with E-state index in [1.807, 2.05) is 12.1 Å². The van der Waals surface area contributed by atoms with Gasteiger partial charge in [-0.25, -0.2) is 9.97 Å². The molecule has 126 valence electrons. The summed E-state index contributed by atoms with van der Waals surface area (Å²) < 4.78 is 0. The van der Waals surface area contributed by atoms with Crippen LogP contribution in [0.15, 0.2) is 55.4 Å². The van der Waals surface area contributed by atoms with E-state index in [1.165, 1.54) is 18.7 Å². The number of carbonyl (C=O) groups excluding carboxylic acids is 1. The van der Waals surface area contributed by atoms with Crippen LogP contribution in [0.25, 0.3) is 0 Å². The lowest BCUT2D eigenvalue weighted by molar-refractivity contribution is 0.0962. The van der Waals surface area contributed by atoms with Crippen molar-refractivity contribution in [2.75, 3.05) is 16.5 Å². The molecule has 1 amide bonds. The summed E-state index contributed by atoms with van der Waals surface area (Å²) in [5.74, 6) is 0.427. The van der Waals surface area contributed by atoms with Crippen LogP contribution in [0.4, 0.5) is 17.3 Å². The highest BCUT2D eigenvalue weighted by Crippen LogP contribution is 2.22. The predicted octanol–water partition coefficient (Wildman–Crippen LogP) is 1.22. The van der Waals surface area contributed by atoms with Crippen LogP contribution < -0.4 is 21.9 Å². The average Bonchev–Trinajstić information content (AvgIpc) is 2.67. The van der Waals surface area contributed by atoms with Crippen molar-refractivity contribution in [2.24, 2.45) is 0 Å². The Morgan fingerprint density at radius 1 is 1.04 bits per heavy atom. The zero-order valence-electron chi connectivity index (χ0n) is 13.2. The van der Waals surface area contributed by atoms with Gasteiger partial charge in [-0.15, -0.1) is 0 Å². The van der Waals surface area contributed by atoms with Crippen molar-refractivity contribution >= 4 is 23.2 Å². The van der Waals surface area contributed by atoms with Crippen LogP contribution in [0.2, 0.25) is 0 Å². The number of anilines is 3. The van der Waals surface area contributed by atoms with Gasteiger partial charge in [0.1, 0.15) is 12.0 Å². The molecule has 0 radical (unpaired) electrons. The smallest absolute Gasteiger partial charge is 0.269 e. The highest BCUT2D eigenvalue weighted by Gasteiger charge is 2.10. The van der Waals surface area contributed by atoms with E-state index in [9.17, 15) is 4.79 Å². The molecular weight excluding hydrogens is 320 g/mol. The molecule has 0 aliphatic carbocycles. The fraction of sp³-hybridized carbons (Fsp3) is 0.0625. The van der Waals surface area contributed by atoms with E-state index in [2.05, 4.69) is 36.1 Å². The van der Waals surface area contributed by atoms with Crippen LogP contribution in [0, 0.1) is 0 Å². The quantitative estimate of drug-likeness (QED) is 0.494. The Balaban J connectivity index is 1.63. The third kappa shape index (κ3) is 4.16. The lowest BCUT2D eigenvalue weighted by Crippen LogP contribution is -2.30. The number of rotatable bonds is 6. The summed E-state index contributed by atoms with van der Waals surface area (Å²) in [5.41, 5.74) is 13.0. The molecular formula is C16H16N8O. The zero-order chi connectivity index (χ0) is 17.5. The summed E-state index contributed by atoms with van der Waals surface area (Å²) in [5, 5.41) is 3.11. The number of nitrogen functional groups attached to an aromatic ring is 1. The van der Waals surface area contributed by atoms with E-state index in [0.29, 0.717) is 29.4 Å². The molecule has 0 atom stereocenters. The molecule has 5 N–H and O–H groups in total. The van der Waals surface area contributed by atoms with Gasteiger partial charge in [-0.2, -0.15) is 0 Å². The van der Waals surface area contributed by atoms with Crippen molar-refractivity contribution in [3.63, 3.8) is 0 Å². The maximum Gasteiger partial charge on any atom is 0.269 e. The number of hydrogen-bond acceptors (Lipinski definition) is 8. The number of pyridine rings is 2. The third-order valence-corrected chi connectivity index (χ3v) is 3.30. The van der Waals surface area contributed by atoms with E-state index in [4.69, 9.17) is 5.73 Å². The molecule has 0 fully saturated rings. The van der Waals surface area contributed by atoms with E-state index >= 15 is 0 Å². The van der Waals surface area contributed by atoms with Crippen molar-refractivity contribution in [3.05, 3.63) is 66.5 Å². The fourth-order valence-electron chi connectivity index (χ4n) is 2.02. The van der Waals surface area contributed by atoms with Crippen LogP contribution in [0.3, 0.4) is 0 Å². The number of nitrogens with zero attached hydrogens (tertiary/aromatic N) is 4. The van der Waals surface area contributed by atoms with Crippen LogP contribution in [0.5, 0.6) is 0 Å². The number of hydrogen-bond donors (Lipinski definition) is 4. The minimum absolute atomic E-state index is 0.293. The standard InChI is InChI=1S/C16H16N8O/c17-13-14(20-9-11-2-1-5-19-8-11)21-10-22-15(13)23-24-16(25)12-3-6-18-7-4-12/h1-8,10H,9,17H2,(H,24,25)(H2,20,21,22,23). The van der Waals surface area contributed by atoms with Crippen molar-refractivity contribution in [2.45, 2.75) is 6.54 Å². The van der Waals surface area contributed by atoms with Crippen LogP contribution in [-0.4, -0.2) is 25.8 Å². The first-order valence-electron chi connectivity index (χ1n) is 7.43. The average molecular weight is 336 g/mol. The number of hydrazine groups is 1. The summed E-state index contributed by atoms with van der Waals surface area (Å²) in [4.78, 5) is 28.1. The monoisotopic (exact) mass is 336 g/mol. The van der Waals surface area contributed by atoms with Gasteiger partial charge < -0.3 is 11.1 Å². The second-order valence-electron chi connectivity index (χ2n) is 5.01. The molecule has 3 aromatic heterocycles. The minimum Gasteiger partial charge on any atom is -0.393 e. The molecule has 0 aliphatic rings. The first-order chi connectivity index (χ1) is 12.2. The van der Waals surface area contributed by atoms with Gasteiger partial charge in [-0.05, 0) is 23.8 Å². The Kier molecular flexibility index (Phi) is 4.95. The lowest BCUT2D eigenvalue weighted by atomic mass is 10.2. The van der Waals surface area contributed by atoms with Crippen molar-refractivity contribution in [3.8, 4) is 0 Å². The maximum atomic E-state index is 12.0. The Labute approximate surface area is 143 Å². The maximum absolute atomic E-state index is 12.0. The predicted molar refractivity (Wildman–Crippen MR) is 93.3 cm³/mol. The molecule has 25 heavy (non-hydrogen) atoms. The molecule has 0 unspecified atom stereocenters. The Morgan fingerprint density at radius 3 is 2.60 bits per heavy atom. The molecule has 3 heterocycles. The second-order valence-corrected chi connectivity index (χ2v) is 5.01. The summed E-state index contributed by atoms with van der Waals surface area (Å²) in [7, 11) is 0. The summed E-state index contributed by atoms with van der Waals surface area (Å²) in [6.45, 7) is 0.512. The van der Waals surface area contributed by atoms with E-state index < -0.39 is 0 Å². The molecule has 0 aliphatic heterocycles. The molecule has 9 heteroatoms. The number of nitrogens with two attached hydrogens (primary N) is 1. The Morgan fingerprint density at radius 2 is 1.84 bits per heavy atom. The Bertz CT molecular complexity index is 841. The second kappa shape index (κ2) is 7.68. The SMILES string of the molecule is Nc1c(NCc2cccnc2)ncnc1NNC(=O)c1ccncc1. The third-order valence-electron chi connectivity index (χ3n) is 3.30. The van der Waals surface area contributed by atoms with Crippen LogP contribution in [0.1, 0.15) is 15.9 Å². The van der Waals surface area contributed by atoms with Gasteiger partial charge in [0.05, 0.1) is 0 Å². The normalized spacial score (nSPS) is 10.1. The van der Waals surface area contributed by atoms with Crippen molar-refractivity contribution < 1.29 is 4.79 Å². The van der Waals surface area contributed by atoms with Crippen molar-refractivity contribution in [1.29, 1.82) is 0 Å². The largest absolute Gasteiger partial charge is 0.393 e. The topological polar surface area (TPSA) is 131 Å². The van der Waals surface area contributed by atoms with Gasteiger partial charge in [0, 0.05) is 36.9 Å². The molecule has 0 bridgehead atoms. The molecule has 3 rings (SSSR count). The van der Waals surface area contributed by atoms with Gasteiger partial charge >= 0.3 is 0 Å².